The predicted octanol–water partition coefficient (Wildman–Crippen LogP) is 2.94. The third kappa shape index (κ3) is 3.10. The molecule has 18 heavy (non-hydrogen) atoms. The van der Waals surface area contributed by atoms with Crippen molar-refractivity contribution in [3.8, 4) is 5.75 Å². The first kappa shape index (κ1) is 12.2. The Bertz CT molecular complexity index is 550. The molecule has 3 nitrogen and oxygen atoms in total. The lowest BCUT2D eigenvalue weighted by Gasteiger charge is -2.10. The molecule has 0 unspecified atom stereocenters. The van der Waals surface area contributed by atoms with Gasteiger partial charge < -0.3 is 10.4 Å². The molecule has 0 aliphatic rings. The summed E-state index contributed by atoms with van der Waals surface area (Å²) >= 11 is 0. The Kier molecular flexibility index (Phi) is 3.63. The molecule has 0 atom stereocenters. The fourth-order valence-electron chi connectivity index (χ4n) is 1.85. The molecule has 0 aliphatic carbocycles. The van der Waals surface area contributed by atoms with Crippen molar-refractivity contribution in [3.05, 3.63) is 59.7 Å². The Morgan fingerprint density at radius 1 is 1.17 bits per heavy atom. The predicted molar refractivity (Wildman–Crippen MR) is 71.7 cm³/mol. The third-order valence-electron chi connectivity index (χ3n) is 2.64. The number of carbonyl (C=O) groups is 1. The minimum Gasteiger partial charge on any atom is -0.508 e. The molecule has 3 heteroatoms. The average Bonchev–Trinajstić information content (AvgIpc) is 2.33. The van der Waals surface area contributed by atoms with Crippen LogP contribution in [0.4, 0.5) is 5.69 Å². The molecule has 0 aliphatic heterocycles. The number of hydrogen-bond acceptors (Lipinski definition) is 2. The zero-order valence-corrected chi connectivity index (χ0v) is 10.2. The fourth-order valence-corrected chi connectivity index (χ4v) is 1.85. The number of rotatable bonds is 3. The van der Waals surface area contributed by atoms with Crippen LogP contribution in [-0.4, -0.2) is 11.0 Å². The first-order chi connectivity index (χ1) is 8.65. The van der Waals surface area contributed by atoms with E-state index in [-0.39, 0.29) is 11.7 Å². The van der Waals surface area contributed by atoms with Gasteiger partial charge in [-0.2, -0.15) is 0 Å². The van der Waals surface area contributed by atoms with Crippen LogP contribution < -0.4 is 5.32 Å². The normalized spacial score (nSPS) is 10.1. The van der Waals surface area contributed by atoms with Crippen LogP contribution in [0.3, 0.4) is 0 Å². The number of nitrogens with one attached hydrogen (secondary N) is 1. The number of carbonyl (C=O) groups excluding carboxylic acids is 1. The highest BCUT2D eigenvalue weighted by Crippen LogP contribution is 2.24. The summed E-state index contributed by atoms with van der Waals surface area (Å²) in [6.45, 7) is 1.47. The number of aromatic hydroxyl groups is 1. The van der Waals surface area contributed by atoms with Gasteiger partial charge in [0.2, 0.25) is 5.91 Å². The maximum absolute atomic E-state index is 11.1. The van der Waals surface area contributed by atoms with Gasteiger partial charge in [0.1, 0.15) is 5.75 Å². The quantitative estimate of drug-likeness (QED) is 0.812. The van der Waals surface area contributed by atoms with Crippen LogP contribution in [0.1, 0.15) is 18.1 Å². The van der Waals surface area contributed by atoms with E-state index in [4.69, 9.17) is 0 Å². The first-order valence-corrected chi connectivity index (χ1v) is 5.78. The Hall–Kier alpha value is -2.29. The number of anilines is 1. The van der Waals surface area contributed by atoms with Crippen molar-refractivity contribution in [2.24, 2.45) is 0 Å². The molecule has 2 aromatic carbocycles. The molecule has 0 spiro atoms. The summed E-state index contributed by atoms with van der Waals surface area (Å²) in [6.07, 6.45) is 0.671. The van der Waals surface area contributed by atoms with Crippen LogP contribution in [-0.2, 0) is 11.2 Å². The van der Waals surface area contributed by atoms with Crippen molar-refractivity contribution in [2.45, 2.75) is 13.3 Å². The second kappa shape index (κ2) is 5.36. The molecule has 0 saturated carbocycles. The molecule has 2 N–H and O–H groups in total. The second-order valence-electron chi connectivity index (χ2n) is 4.19. The van der Waals surface area contributed by atoms with Crippen molar-refractivity contribution in [1.82, 2.24) is 0 Å². The summed E-state index contributed by atoms with van der Waals surface area (Å²) in [5, 5.41) is 12.3. The zero-order chi connectivity index (χ0) is 13.0. The summed E-state index contributed by atoms with van der Waals surface area (Å²) < 4.78 is 0. The van der Waals surface area contributed by atoms with Gasteiger partial charge in [-0.05, 0) is 35.7 Å². The molecule has 0 bridgehead atoms. The van der Waals surface area contributed by atoms with Crippen LogP contribution in [0, 0.1) is 0 Å². The third-order valence-corrected chi connectivity index (χ3v) is 2.64. The van der Waals surface area contributed by atoms with E-state index in [1.165, 1.54) is 6.92 Å². The van der Waals surface area contributed by atoms with Crippen molar-refractivity contribution < 1.29 is 9.90 Å². The summed E-state index contributed by atoms with van der Waals surface area (Å²) in [4.78, 5) is 11.1. The minimum absolute atomic E-state index is 0.116. The van der Waals surface area contributed by atoms with Gasteiger partial charge in [-0.15, -0.1) is 0 Å². The van der Waals surface area contributed by atoms with E-state index >= 15 is 0 Å². The highest BCUT2D eigenvalue weighted by Gasteiger charge is 2.06. The number of phenolic OH excluding ortho intramolecular Hbond substituents is 1. The van der Waals surface area contributed by atoms with Crippen LogP contribution in [0.2, 0.25) is 0 Å². The molecule has 0 saturated heterocycles. The number of amides is 1. The lowest BCUT2D eigenvalue weighted by atomic mass is 10.0. The Morgan fingerprint density at radius 2 is 1.89 bits per heavy atom. The van der Waals surface area contributed by atoms with Gasteiger partial charge in [-0.25, -0.2) is 0 Å². The highest BCUT2D eigenvalue weighted by molar-refractivity contribution is 5.89. The van der Waals surface area contributed by atoms with Crippen molar-refractivity contribution >= 4 is 11.6 Å². The van der Waals surface area contributed by atoms with Crippen LogP contribution in [0.5, 0.6) is 5.75 Å². The minimum atomic E-state index is -0.116. The molecule has 0 radical (unpaired) electrons. The number of benzene rings is 2. The molecule has 0 aromatic heterocycles. The van der Waals surface area contributed by atoms with Crippen molar-refractivity contribution in [2.75, 3.05) is 5.32 Å². The molecule has 2 aromatic rings. The average molecular weight is 241 g/mol. The van der Waals surface area contributed by atoms with Gasteiger partial charge in [0.05, 0.1) is 0 Å². The maximum Gasteiger partial charge on any atom is 0.221 e. The van der Waals surface area contributed by atoms with E-state index in [0.717, 1.165) is 16.8 Å². The number of phenols is 1. The van der Waals surface area contributed by atoms with Gasteiger partial charge in [0.25, 0.3) is 0 Å². The summed E-state index contributed by atoms with van der Waals surface area (Å²) in [5.41, 5.74) is 2.77. The standard InChI is InChI=1S/C15H15NO2/c1-11(17)16-15-8-7-14(18)10-13(15)9-12-5-3-2-4-6-12/h2-8,10,18H,9H2,1H3,(H,16,17). The van der Waals surface area contributed by atoms with E-state index in [1.807, 2.05) is 30.3 Å². The smallest absolute Gasteiger partial charge is 0.221 e. The van der Waals surface area contributed by atoms with Gasteiger partial charge in [0.15, 0.2) is 0 Å². The van der Waals surface area contributed by atoms with Gasteiger partial charge in [0, 0.05) is 12.6 Å². The molecule has 2 rings (SSSR count). The van der Waals surface area contributed by atoms with E-state index in [0.29, 0.717) is 6.42 Å². The lowest BCUT2D eigenvalue weighted by molar-refractivity contribution is -0.114. The zero-order valence-electron chi connectivity index (χ0n) is 10.2. The highest BCUT2D eigenvalue weighted by atomic mass is 16.3. The topological polar surface area (TPSA) is 49.3 Å². The van der Waals surface area contributed by atoms with Gasteiger partial charge in [-0.3, -0.25) is 4.79 Å². The molecular weight excluding hydrogens is 226 g/mol. The monoisotopic (exact) mass is 241 g/mol. The van der Waals surface area contributed by atoms with E-state index in [9.17, 15) is 9.90 Å². The summed E-state index contributed by atoms with van der Waals surface area (Å²) in [6, 6.07) is 14.9. The first-order valence-electron chi connectivity index (χ1n) is 5.78. The molecule has 92 valence electrons. The van der Waals surface area contributed by atoms with Gasteiger partial charge in [-0.1, -0.05) is 30.3 Å². The fraction of sp³-hybridized carbons (Fsp3) is 0.133. The van der Waals surface area contributed by atoms with E-state index < -0.39 is 0 Å². The van der Waals surface area contributed by atoms with E-state index in [1.54, 1.807) is 18.2 Å². The van der Waals surface area contributed by atoms with Gasteiger partial charge >= 0.3 is 0 Å². The lowest BCUT2D eigenvalue weighted by Crippen LogP contribution is -2.08. The van der Waals surface area contributed by atoms with Crippen LogP contribution in [0.25, 0.3) is 0 Å². The Labute approximate surface area is 106 Å². The SMILES string of the molecule is CC(=O)Nc1ccc(O)cc1Cc1ccccc1. The largest absolute Gasteiger partial charge is 0.508 e. The molecule has 1 amide bonds. The Balaban J connectivity index is 2.30. The van der Waals surface area contributed by atoms with E-state index in [2.05, 4.69) is 5.32 Å². The van der Waals surface area contributed by atoms with Crippen molar-refractivity contribution in [1.29, 1.82) is 0 Å². The van der Waals surface area contributed by atoms with Crippen molar-refractivity contribution in [3.63, 3.8) is 0 Å². The van der Waals surface area contributed by atoms with Crippen LogP contribution >= 0.6 is 0 Å². The summed E-state index contributed by atoms with van der Waals surface area (Å²) in [7, 11) is 0. The number of hydrogen-bond donors (Lipinski definition) is 2. The Morgan fingerprint density at radius 3 is 2.56 bits per heavy atom. The molecule has 0 fully saturated rings. The van der Waals surface area contributed by atoms with Crippen LogP contribution in [0.15, 0.2) is 48.5 Å². The second-order valence-corrected chi connectivity index (χ2v) is 4.19. The summed E-state index contributed by atoms with van der Waals surface area (Å²) in [5.74, 6) is 0.0880. The molecular formula is C15H15NO2. The molecule has 0 heterocycles. The maximum atomic E-state index is 11.1.